The Morgan fingerprint density at radius 2 is 1.74 bits per heavy atom. The summed E-state index contributed by atoms with van der Waals surface area (Å²) >= 11 is 0. The largest absolute Gasteiger partial charge is 0.311 e. The zero-order valence-corrected chi connectivity index (χ0v) is 12.4. The third-order valence-electron chi connectivity index (χ3n) is 4.02. The molecule has 1 aromatic carbocycles. The number of aryl methyl sites for hydroxylation is 1. The lowest BCUT2D eigenvalue weighted by Crippen LogP contribution is -2.46. The summed E-state index contributed by atoms with van der Waals surface area (Å²) in [6.07, 6.45) is 1.12. The van der Waals surface area contributed by atoms with Crippen LogP contribution in [0.5, 0.6) is 0 Å². The first-order valence-corrected chi connectivity index (χ1v) is 7.48. The van der Waals surface area contributed by atoms with Crippen molar-refractivity contribution >= 4 is 0 Å². The van der Waals surface area contributed by atoms with Crippen molar-refractivity contribution in [2.75, 3.05) is 46.3 Å². The summed E-state index contributed by atoms with van der Waals surface area (Å²) < 4.78 is 0. The molecule has 106 valence electrons. The zero-order chi connectivity index (χ0) is 13.5. The fraction of sp³-hybridized carbons (Fsp3) is 0.625. The molecule has 0 unspecified atom stereocenters. The van der Waals surface area contributed by atoms with Crippen LogP contribution in [-0.4, -0.2) is 56.1 Å². The Labute approximate surface area is 117 Å². The molecule has 2 rings (SSSR count). The average molecular weight is 261 g/mol. The Morgan fingerprint density at radius 1 is 1.05 bits per heavy atom. The molecule has 0 bridgehead atoms. The zero-order valence-electron chi connectivity index (χ0n) is 12.4. The van der Waals surface area contributed by atoms with Crippen LogP contribution in [0.15, 0.2) is 24.3 Å². The molecule has 0 saturated carbocycles. The first kappa shape index (κ1) is 14.5. The predicted octanol–water partition coefficient (Wildman–Crippen LogP) is 1.59. The number of rotatable bonds is 6. The number of benzene rings is 1. The number of likely N-dealkylation sites (N-methyl/N-ethyl adjacent to an activating group) is 1. The van der Waals surface area contributed by atoms with E-state index in [2.05, 4.69) is 53.4 Å². The number of nitrogens with one attached hydrogen (secondary N) is 1. The molecule has 0 aliphatic carbocycles. The lowest BCUT2D eigenvalue weighted by Gasteiger charge is -2.32. The minimum absolute atomic E-state index is 0.998. The van der Waals surface area contributed by atoms with Gasteiger partial charge in [0.2, 0.25) is 0 Å². The summed E-state index contributed by atoms with van der Waals surface area (Å²) in [4.78, 5) is 4.96. The normalized spacial score (nSPS) is 17.8. The molecule has 1 aromatic rings. The second kappa shape index (κ2) is 7.63. The van der Waals surface area contributed by atoms with Crippen molar-refractivity contribution < 1.29 is 0 Å². The van der Waals surface area contributed by atoms with E-state index in [1.165, 1.54) is 43.9 Å². The maximum Gasteiger partial charge on any atom is 0.0208 e. The molecule has 3 nitrogen and oxygen atoms in total. The van der Waals surface area contributed by atoms with Gasteiger partial charge in [-0.15, -0.1) is 0 Å². The Bertz CT molecular complexity index is 370. The van der Waals surface area contributed by atoms with E-state index in [0.717, 1.165) is 19.5 Å². The molecule has 19 heavy (non-hydrogen) atoms. The maximum atomic E-state index is 3.58. The lowest BCUT2D eigenvalue weighted by molar-refractivity contribution is 0.154. The van der Waals surface area contributed by atoms with E-state index < -0.39 is 0 Å². The third kappa shape index (κ3) is 4.60. The Hall–Kier alpha value is -0.900. The van der Waals surface area contributed by atoms with Crippen LogP contribution in [0.4, 0.5) is 0 Å². The molecule has 1 fully saturated rings. The third-order valence-corrected chi connectivity index (χ3v) is 4.02. The Morgan fingerprint density at radius 3 is 2.42 bits per heavy atom. The summed E-state index contributed by atoms with van der Waals surface area (Å²) in [6, 6.07) is 8.74. The lowest BCUT2D eigenvalue weighted by atomic mass is 10.1. The molecule has 1 heterocycles. The fourth-order valence-corrected chi connectivity index (χ4v) is 2.61. The van der Waals surface area contributed by atoms with Gasteiger partial charge in [0, 0.05) is 45.8 Å². The average Bonchev–Trinajstić information content (AvgIpc) is 2.46. The summed E-state index contributed by atoms with van der Waals surface area (Å²) in [5, 5.41) is 3.58. The van der Waals surface area contributed by atoms with E-state index in [1.807, 2.05) is 0 Å². The molecule has 1 N–H and O–H groups in total. The number of piperazine rings is 1. The maximum absolute atomic E-state index is 3.58. The quantitative estimate of drug-likeness (QED) is 0.785. The Balaban J connectivity index is 1.66. The highest BCUT2D eigenvalue weighted by Crippen LogP contribution is 2.08. The molecular formula is C16H27N3. The van der Waals surface area contributed by atoms with Gasteiger partial charge in [-0.25, -0.2) is 0 Å². The molecule has 1 saturated heterocycles. The molecule has 0 amide bonds. The van der Waals surface area contributed by atoms with E-state index >= 15 is 0 Å². The van der Waals surface area contributed by atoms with Gasteiger partial charge in [-0.3, -0.25) is 4.90 Å². The van der Waals surface area contributed by atoms with Gasteiger partial charge in [0.1, 0.15) is 0 Å². The molecule has 3 heteroatoms. The van der Waals surface area contributed by atoms with E-state index in [0.29, 0.717) is 0 Å². The van der Waals surface area contributed by atoms with Crippen molar-refractivity contribution in [2.24, 2.45) is 0 Å². The van der Waals surface area contributed by atoms with Gasteiger partial charge in [0.25, 0.3) is 0 Å². The molecule has 1 aliphatic rings. The van der Waals surface area contributed by atoms with Gasteiger partial charge in [0.15, 0.2) is 0 Å². The van der Waals surface area contributed by atoms with Crippen molar-refractivity contribution in [3.05, 3.63) is 35.4 Å². The minimum atomic E-state index is 0.998. The molecule has 0 radical (unpaired) electrons. The van der Waals surface area contributed by atoms with Gasteiger partial charge in [-0.05, 0) is 24.6 Å². The van der Waals surface area contributed by atoms with E-state index in [4.69, 9.17) is 0 Å². The number of hydrogen-bond donors (Lipinski definition) is 1. The van der Waals surface area contributed by atoms with Crippen LogP contribution in [0.2, 0.25) is 0 Å². The number of hydrogen-bond acceptors (Lipinski definition) is 3. The van der Waals surface area contributed by atoms with Crippen LogP contribution in [0.1, 0.15) is 18.1 Å². The van der Waals surface area contributed by atoms with Gasteiger partial charge in [0.05, 0.1) is 0 Å². The molecule has 0 spiro atoms. The predicted molar refractivity (Wildman–Crippen MR) is 81.5 cm³/mol. The minimum Gasteiger partial charge on any atom is -0.311 e. The highest BCUT2D eigenvalue weighted by molar-refractivity contribution is 5.26. The van der Waals surface area contributed by atoms with Crippen molar-refractivity contribution in [1.29, 1.82) is 0 Å². The van der Waals surface area contributed by atoms with Gasteiger partial charge in [-0.1, -0.05) is 31.2 Å². The van der Waals surface area contributed by atoms with Crippen molar-refractivity contribution in [3.8, 4) is 0 Å². The fourth-order valence-electron chi connectivity index (χ4n) is 2.61. The van der Waals surface area contributed by atoms with E-state index in [9.17, 15) is 0 Å². The van der Waals surface area contributed by atoms with Gasteiger partial charge < -0.3 is 10.2 Å². The summed E-state index contributed by atoms with van der Waals surface area (Å²) in [7, 11) is 2.21. The van der Waals surface area contributed by atoms with Crippen molar-refractivity contribution in [3.63, 3.8) is 0 Å². The van der Waals surface area contributed by atoms with Crippen LogP contribution in [0.3, 0.4) is 0 Å². The monoisotopic (exact) mass is 261 g/mol. The van der Waals surface area contributed by atoms with E-state index in [1.54, 1.807) is 0 Å². The van der Waals surface area contributed by atoms with E-state index in [-0.39, 0.29) is 0 Å². The molecule has 0 aromatic heterocycles. The first-order chi connectivity index (χ1) is 9.29. The second-order valence-corrected chi connectivity index (χ2v) is 5.44. The Kier molecular flexibility index (Phi) is 5.83. The summed E-state index contributed by atoms with van der Waals surface area (Å²) in [5.74, 6) is 0. The van der Waals surface area contributed by atoms with Crippen molar-refractivity contribution in [2.45, 2.75) is 19.9 Å². The summed E-state index contributed by atoms with van der Waals surface area (Å²) in [5.41, 5.74) is 2.91. The van der Waals surface area contributed by atoms with Crippen LogP contribution >= 0.6 is 0 Å². The molecule has 1 aliphatic heterocycles. The highest BCUT2D eigenvalue weighted by atomic mass is 15.2. The van der Waals surface area contributed by atoms with Crippen molar-refractivity contribution in [1.82, 2.24) is 15.1 Å². The van der Waals surface area contributed by atoms with Crippen LogP contribution in [0.25, 0.3) is 0 Å². The molecular weight excluding hydrogens is 234 g/mol. The standard InChI is InChI=1S/C16H27N3/c1-3-15-6-4-5-7-16(15)14-17-8-9-19-12-10-18(2)11-13-19/h4-7,17H,3,8-14H2,1-2H3. The number of nitrogens with zero attached hydrogens (tertiary/aromatic N) is 2. The van der Waals surface area contributed by atoms with Gasteiger partial charge in [-0.2, -0.15) is 0 Å². The van der Waals surface area contributed by atoms with Crippen LogP contribution in [-0.2, 0) is 13.0 Å². The first-order valence-electron chi connectivity index (χ1n) is 7.48. The summed E-state index contributed by atoms with van der Waals surface area (Å²) in [6.45, 7) is 10.3. The second-order valence-electron chi connectivity index (χ2n) is 5.44. The van der Waals surface area contributed by atoms with Crippen LogP contribution in [0, 0.1) is 0 Å². The van der Waals surface area contributed by atoms with Gasteiger partial charge >= 0.3 is 0 Å². The topological polar surface area (TPSA) is 18.5 Å². The van der Waals surface area contributed by atoms with Crippen LogP contribution < -0.4 is 5.32 Å². The highest BCUT2D eigenvalue weighted by Gasteiger charge is 2.12. The smallest absolute Gasteiger partial charge is 0.0208 e. The molecule has 0 atom stereocenters. The SMILES string of the molecule is CCc1ccccc1CNCCN1CCN(C)CC1.